The van der Waals surface area contributed by atoms with Crippen LogP contribution in [0.3, 0.4) is 0 Å². The van der Waals surface area contributed by atoms with Crippen LogP contribution in [0.2, 0.25) is 5.02 Å². The lowest BCUT2D eigenvalue weighted by Gasteiger charge is -2.07. The van der Waals surface area contributed by atoms with Crippen molar-refractivity contribution in [3.05, 3.63) is 64.7 Å². The van der Waals surface area contributed by atoms with Crippen molar-refractivity contribution in [3.63, 3.8) is 0 Å². The molecule has 0 aliphatic heterocycles. The second-order valence-corrected chi connectivity index (χ2v) is 4.04. The summed E-state index contributed by atoms with van der Waals surface area (Å²) >= 11 is 5.92. The predicted molar refractivity (Wildman–Crippen MR) is 67.6 cm³/mol. The molecule has 3 heteroatoms. The fraction of sp³-hybridized carbons (Fsp3) is 0.0714. The van der Waals surface area contributed by atoms with Crippen LogP contribution in [0.5, 0.6) is 5.75 Å². The first-order valence-corrected chi connectivity index (χ1v) is 5.58. The molecular weight excluding hydrogens is 236 g/mol. The van der Waals surface area contributed by atoms with Crippen LogP contribution in [0.15, 0.2) is 48.5 Å². The molecule has 0 saturated heterocycles. The molecule has 0 radical (unpaired) electrons. The molecule has 2 rings (SSSR count). The van der Waals surface area contributed by atoms with Gasteiger partial charge < -0.3 is 4.74 Å². The molecule has 0 fully saturated rings. The SMILES string of the molecule is Cc1ccccc1OC(=O)c1ccccc1Cl. The lowest BCUT2D eigenvalue weighted by Crippen LogP contribution is -2.09. The van der Waals surface area contributed by atoms with Crippen LogP contribution in [0.25, 0.3) is 0 Å². The van der Waals surface area contributed by atoms with Crippen molar-refractivity contribution < 1.29 is 9.53 Å². The zero-order valence-electron chi connectivity index (χ0n) is 9.31. The molecule has 0 aromatic heterocycles. The van der Waals surface area contributed by atoms with Crippen molar-refractivity contribution >= 4 is 17.6 Å². The molecule has 0 spiro atoms. The summed E-state index contributed by atoms with van der Waals surface area (Å²) in [6.07, 6.45) is 0. The lowest BCUT2D eigenvalue weighted by molar-refractivity contribution is 0.0734. The first kappa shape index (κ1) is 11.7. The summed E-state index contributed by atoms with van der Waals surface area (Å²) in [5.41, 5.74) is 1.28. The van der Waals surface area contributed by atoms with Gasteiger partial charge in [0.05, 0.1) is 10.6 Å². The van der Waals surface area contributed by atoms with Gasteiger partial charge in [-0.2, -0.15) is 0 Å². The number of aryl methyl sites for hydroxylation is 1. The number of rotatable bonds is 2. The molecule has 0 aliphatic rings. The molecule has 2 aromatic rings. The molecular formula is C14H11ClO2. The van der Waals surface area contributed by atoms with Crippen molar-refractivity contribution in [3.8, 4) is 5.75 Å². The van der Waals surface area contributed by atoms with Crippen LogP contribution in [0.1, 0.15) is 15.9 Å². The van der Waals surface area contributed by atoms with Crippen molar-refractivity contribution in [2.75, 3.05) is 0 Å². The van der Waals surface area contributed by atoms with E-state index in [1.807, 2.05) is 25.1 Å². The molecule has 17 heavy (non-hydrogen) atoms. The van der Waals surface area contributed by atoms with E-state index < -0.39 is 5.97 Å². The third-order valence-electron chi connectivity index (χ3n) is 2.39. The topological polar surface area (TPSA) is 26.3 Å². The van der Waals surface area contributed by atoms with Crippen LogP contribution in [0.4, 0.5) is 0 Å². The summed E-state index contributed by atoms with van der Waals surface area (Å²) in [4.78, 5) is 11.9. The fourth-order valence-electron chi connectivity index (χ4n) is 1.45. The number of carbonyl (C=O) groups is 1. The van der Waals surface area contributed by atoms with E-state index in [2.05, 4.69) is 0 Å². The first-order chi connectivity index (χ1) is 8.18. The molecule has 0 atom stereocenters. The van der Waals surface area contributed by atoms with E-state index in [1.54, 1.807) is 30.3 Å². The summed E-state index contributed by atoms with van der Waals surface area (Å²) in [5, 5.41) is 0.395. The number of benzene rings is 2. The maximum atomic E-state index is 11.9. The number of esters is 1. The lowest BCUT2D eigenvalue weighted by atomic mass is 10.2. The van der Waals surface area contributed by atoms with Crippen molar-refractivity contribution in [1.82, 2.24) is 0 Å². The Morgan fingerprint density at radius 2 is 1.71 bits per heavy atom. The molecule has 86 valence electrons. The van der Waals surface area contributed by atoms with Gasteiger partial charge in [-0.25, -0.2) is 4.79 Å². The Hall–Kier alpha value is -1.80. The van der Waals surface area contributed by atoms with E-state index in [-0.39, 0.29) is 0 Å². The largest absolute Gasteiger partial charge is 0.423 e. The molecule has 0 aliphatic carbocycles. The molecule has 0 amide bonds. The van der Waals surface area contributed by atoms with Gasteiger partial charge in [0, 0.05) is 0 Å². The minimum Gasteiger partial charge on any atom is -0.423 e. The van der Waals surface area contributed by atoms with Crippen molar-refractivity contribution in [2.24, 2.45) is 0 Å². The highest BCUT2D eigenvalue weighted by Crippen LogP contribution is 2.21. The van der Waals surface area contributed by atoms with Crippen LogP contribution < -0.4 is 4.74 Å². The van der Waals surface area contributed by atoms with Gasteiger partial charge in [0.25, 0.3) is 0 Å². The highest BCUT2D eigenvalue weighted by molar-refractivity contribution is 6.33. The molecule has 2 aromatic carbocycles. The van der Waals surface area contributed by atoms with Gasteiger partial charge in [-0.1, -0.05) is 41.9 Å². The Bertz CT molecular complexity index is 549. The molecule has 0 bridgehead atoms. The Kier molecular flexibility index (Phi) is 3.45. The zero-order valence-corrected chi connectivity index (χ0v) is 10.1. The molecule has 0 heterocycles. The molecule has 0 saturated carbocycles. The van der Waals surface area contributed by atoms with Gasteiger partial charge in [0.15, 0.2) is 0 Å². The maximum absolute atomic E-state index is 11.9. The Balaban J connectivity index is 2.24. The van der Waals surface area contributed by atoms with Crippen LogP contribution in [-0.4, -0.2) is 5.97 Å². The van der Waals surface area contributed by atoms with Gasteiger partial charge in [-0.3, -0.25) is 0 Å². The second-order valence-electron chi connectivity index (χ2n) is 3.63. The summed E-state index contributed by atoms with van der Waals surface area (Å²) in [6, 6.07) is 14.2. The van der Waals surface area contributed by atoms with E-state index in [4.69, 9.17) is 16.3 Å². The number of ether oxygens (including phenoxy) is 1. The molecule has 0 N–H and O–H groups in total. The van der Waals surface area contributed by atoms with E-state index >= 15 is 0 Å². The minimum absolute atomic E-state index is 0.373. The van der Waals surface area contributed by atoms with Gasteiger partial charge in [0.2, 0.25) is 0 Å². The Morgan fingerprint density at radius 3 is 2.41 bits per heavy atom. The van der Waals surface area contributed by atoms with Crippen molar-refractivity contribution in [2.45, 2.75) is 6.92 Å². The maximum Gasteiger partial charge on any atom is 0.345 e. The Morgan fingerprint density at radius 1 is 1.06 bits per heavy atom. The van der Waals surface area contributed by atoms with Gasteiger partial charge in [-0.05, 0) is 30.7 Å². The molecule has 2 nitrogen and oxygen atoms in total. The third kappa shape index (κ3) is 2.66. The summed E-state index contributed by atoms with van der Waals surface area (Å²) in [7, 11) is 0. The predicted octanol–water partition coefficient (Wildman–Crippen LogP) is 3.87. The molecule has 0 unspecified atom stereocenters. The highest BCUT2D eigenvalue weighted by Gasteiger charge is 2.12. The number of halogens is 1. The Labute approximate surface area is 105 Å². The van der Waals surface area contributed by atoms with Gasteiger partial charge in [-0.15, -0.1) is 0 Å². The summed E-state index contributed by atoms with van der Waals surface area (Å²) in [5.74, 6) is 0.113. The fourth-order valence-corrected chi connectivity index (χ4v) is 1.67. The average molecular weight is 247 g/mol. The third-order valence-corrected chi connectivity index (χ3v) is 2.72. The van der Waals surface area contributed by atoms with Crippen LogP contribution >= 0.6 is 11.6 Å². The van der Waals surface area contributed by atoms with E-state index in [9.17, 15) is 4.79 Å². The second kappa shape index (κ2) is 5.02. The van der Waals surface area contributed by atoms with Gasteiger partial charge >= 0.3 is 5.97 Å². The quantitative estimate of drug-likeness (QED) is 0.594. The number of para-hydroxylation sites is 1. The van der Waals surface area contributed by atoms with Gasteiger partial charge in [0.1, 0.15) is 5.75 Å². The monoisotopic (exact) mass is 246 g/mol. The van der Waals surface area contributed by atoms with E-state index in [0.29, 0.717) is 16.3 Å². The van der Waals surface area contributed by atoms with Crippen LogP contribution in [-0.2, 0) is 0 Å². The number of hydrogen-bond donors (Lipinski definition) is 0. The summed E-state index contributed by atoms with van der Waals surface area (Å²) < 4.78 is 5.29. The van der Waals surface area contributed by atoms with E-state index in [0.717, 1.165) is 5.56 Å². The smallest absolute Gasteiger partial charge is 0.345 e. The zero-order chi connectivity index (χ0) is 12.3. The normalized spacial score (nSPS) is 10.0. The highest BCUT2D eigenvalue weighted by atomic mass is 35.5. The number of hydrogen-bond acceptors (Lipinski definition) is 2. The summed E-state index contributed by atoms with van der Waals surface area (Å²) in [6.45, 7) is 1.88. The number of carbonyl (C=O) groups excluding carboxylic acids is 1. The first-order valence-electron chi connectivity index (χ1n) is 5.21. The van der Waals surface area contributed by atoms with Crippen molar-refractivity contribution in [1.29, 1.82) is 0 Å². The minimum atomic E-state index is -0.440. The van der Waals surface area contributed by atoms with Crippen LogP contribution in [0, 0.1) is 6.92 Å². The average Bonchev–Trinajstić information content (AvgIpc) is 2.32. The van der Waals surface area contributed by atoms with E-state index in [1.165, 1.54) is 0 Å². The standard InChI is InChI=1S/C14H11ClO2/c1-10-6-2-5-9-13(10)17-14(16)11-7-3-4-8-12(11)15/h2-9H,1H3.